The Morgan fingerprint density at radius 3 is 2.14 bits per heavy atom. The third kappa shape index (κ3) is 4.56. The van der Waals surface area contributed by atoms with Gasteiger partial charge in [0.25, 0.3) is 0 Å². The first-order valence-corrected chi connectivity index (χ1v) is 10.4. The number of hydrogen-bond acceptors (Lipinski definition) is 4. The number of rotatable bonds is 8. The van der Waals surface area contributed by atoms with Crippen LogP contribution in [0.25, 0.3) is 0 Å². The molecule has 1 unspecified atom stereocenters. The van der Waals surface area contributed by atoms with Gasteiger partial charge in [0.2, 0.25) is 0 Å². The molecule has 0 radical (unpaired) electrons. The number of piperazine rings is 1. The lowest BCUT2D eigenvalue weighted by molar-refractivity contribution is -0.148. The lowest BCUT2D eigenvalue weighted by Gasteiger charge is -2.37. The largest absolute Gasteiger partial charge is 0.468 e. The summed E-state index contributed by atoms with van der Waals surface area (Å²) in [4.78, 5) is 17.7. The smallest absolute Gasteiger partial charge is 0.316 e. The van der Waals surface area contributed by atoms with Crippen LogP contribution in [0.5, 0.6) is 0 Å². The molecule has 0 bridgehead atoms. The van der Waals surface area contributed by atoms with E-state index in [1.54, 1.807) is 0 Å². The van der Waals surface area contributed by atoms with Gasteiger partial charge in [-0.2, -0.15) is 0 Å². The standard InChI is InChI=1S/C24H32N2O2/c1-3-24(23(27)28-2,21-11-6-4-7-12-21)15-10-16-25-17-19-26(20-18-25)22-13-8-5-9-14-22/h4-9,11-14H,3,10,15-20H2,1-2H3. The molecule has 4 nitrogen and oxygen atoms in total. The van der Waals surface area contributed by atoms with E-state index >= 15 is 0 Å². The van der Waals surface area contributed by atoms with E-state index in [0.717, 1.165) is 57.5 Å². The Morgan fingerprint density at radius 2 is 1.57 bits per heavy atom. The highest BCUT2D eigenvalue weighted by Gasteiger charge is 2.39. The van der Waals surface area contributed by atoms with Crippen LogP contribution in [-0.2, 0) is 14.9 Å². The quantitative estimate of drug-likeness (QED) is 0.645. The van der Waals surface area contributed by atoms with Gasteiger partial charge in [-0.25, -0.2) is 0 Å². The van der Waals surface area contributed by atoms with E-state index in [9.17, 15) is 4.79 Å². The van der Waals surface area contributed by atoms with Crippen LogP contribution in [0.4, 0.5) is 5.69 Å². The van der Waals surface area contributed by atoms with Crippen molar-refractivity contribution in [3.05, 3.63) is 66.2 Å². The molecule has 1 atom stereocenters. The second-order valence-electron chi connectivity index (χ2n) is 7.56. The zero-order valence-electron chi connectivity index (χ0n) is 17.1. The van der Waals surface area contributed by atoms with Crippen molar-refractivity contribution in [2.45, 2.75) is 31.6 Å². The van der Waals surface area contributed by atoms with E-state index in [1.807, 2.05) is 18.2 Å². The van der Waals surface area contributed by atoms with Gasteiger partial charge in [0, 0.05) is 31.9 Å². The van der Waals surface area contributed by atoms with E-state index < -0.39 is 5.41 Å². The molecule has 150 valence electrons. The molecule has 0 N–H and O–H groups in total. The van der Waals surface area contributed by atoms with Crippen molar-refractivity contribution in [1.29, 1.82) is 0 Å². The van der Waals surface area contributed by atoms with Gasteiger partial charge in [-0.15, -0.1) is 0 Å². The average molecular weight is 381 g/mol. The van der Waals surface area contributed by atoms with E-state index in [0.29, 0.717) is 0 Å². The highest BCUT2D eigenvalue weighted by molar-refractivity contribution is 5.83. The zero-order chi connectivity index (χ0) is 19.8. The van der Waals surface area contributed by atoms with Crippen molar-refractivity contribution in [2.75, 3.05) is 44.7 Å². The number of methoxy groups -OCH3 is 1. The molecule has 2 aromatic rings. The van der Waals surface area contributed by atoms with E-state index in [2.05, 4.69) is 59.2 Å². The van der Waals surface area contributed by atoms with Gasteiger partial charge < -0.3 is 9.64 Å². The van der Waals surface area contributed by atoms with Crippen molar-refractivity contribution in [2.24, 2.45) is 0 Å². The Hall–Kier alpha value is -2.33. The van der Waals surface area contributed by atoms with E-state index in [-0.39, 0.29) is 5.97 Å². The van der Waals surface area contributed by atoms with E-state index in [1.165, 1.54) is 12.8 Å². The normalized spacial score (nSPS) is 17.1. The summed E-state index contributed by atoms with van der Waals surface area (Å²) in [6.45, 7) is 7.35. The number of hydrogen-bond donors (Lipinski definition) is 0. The van der Waals surface area contributed by atoms with Crippen LogP contribution in [0.3, 0.4) is 0 Å². The van der Waals surface area contributed by atoms with Crippen LogP contribution >= 0.6 is 0 Å². The summed E-state index contributed by atoms with van der Waals surface area (Å²) in [5.41, 5.74) is 1.84. The first-order valence-electron chi connectivity index (χ1n) is 10.4. The molecule has 0 amide bonds. The first kappa shape index (κ1) is 20.4. The minimum absolute atomic E-state index is 0.116. The molecule has 1 saturated heterocycles. The molecule has 4 heteroatoms. The zero-order valence-corrected chi connectivity index (χ0v) is 17.1. The maximum Gasteiger partial charge on any atom is 0.316 e. The fourth-order valence-corrected chi connectivity index (χ4v) is 4.31. The number of nitrogens with zero attached hydrogens (tertiary/aromatic N) is 2. The molecule has 0 aliphatic carbocycles. The van der Waals surface area contributed by atoms with Gasteiger partial charge in [0.1, 0.15) is 0 Å². The second-order valence-corrected chi connectivity index (χ2v) is 7.56. The Kier molecular flexibility index (Phi) is 7.10. The number of para-hydroxylation sites is 1. The van der Waals surface area contributed by atoms with Crippen molar-refractivity contribution in [3.63, 3.8) is 0 Å². The summed E-state index contributed by atoms with van der Waals surface area (Å²) in [5, 5.41) is 0. The molecule has 0 spiro atoms. The predicted octanol–water partition coefficient (Wildman–Crippen LogP) is 4.11. The number of benzene rings is 2. The van der Waals surface area contributed by atoms with Crippen LogP contribution in [0.2, 0.25) is 0 Å². The maximum absolute atomic E-state index is 12.7. The van der Waals surface area contributed by atoms with Gasteiger partial charge >= 0.3 is 5.97 Å². The van der Waals surface area contributed by atoms with Gasteiger partial charge in [0.05, 0.1) is 12.5 Å². The van der Waals surface area contributed by atoms with Crippen LogP contribution in [0.1, 0.15) is 31.7 Å². The topological polar surface area (TPSA) is 32.8 Å². The SMILES string of the molecule is CCC(CCCN1CCN(c2ccccc2)CC1)(C(=O)OC)c1ccccc1. The lowest BCUT2D eigenvalue weighted by Crippen LogP contribution is -2.47. The van der Waals surface area contributed by atoms with Crippen LogP contribution in [-0.4, -0.2) is 50.7 Å². The molecule has 1 aliphatic rings. The number of esters is 1. The molecular formula is C24H32N2O2. The fraction of sp³-hybridized carbons (Fsp3) is 0.458. The molecule has 1 fully saturated rings. The number of carbonyl (C=O) groups excluding carboxylic acids is 1. The van der Waals surface area contributed by atoms with Crippen molar-refractivity contribution >= 4 is 11.7 Å². The minimum atomic E-state index is -0.540. The molecule has 2 aromatic carbocycles. The van der Waals surface area contributed by atoms with Gasteiger partial charge in [-0.3, -0.25) is 9.69 Å². The Bertz CT molecular complexity index is 727. The summed E-state index contributed by atoms with van der Waals surface area (Å²) >= 11 is 0. The molecule has 28 heavy (non-hydrogen) atoms. The highest BCUT2D eigenvalue weighted by Crippen LogP contribution is 2.34. The van der Waals surface area contributed by atoms with Crippen LogP contribution in [0, 0.1) is 0 Å². The third-order valence-electron chi connectivity index (χ3n) is 6.08. The summed E-state index contributed by atoms with van der Waals surface area (Å²) in [6, 6.07) is 20.7. The molecular weight excluding hydrogens is 348 g/mol. The van der Waals surface area contributed by atoms with Crippen molar-refractivity contribution in [1.82, 2.24) is 4.90 Å². The Labute approximate surface area is 169 Å². The number of anilines is 1. The maximum atomic E-state index is 12.7. The summed E-state index contributed by atoms with van der Waals surface area (Å²) in [7, 11) is 1.50. The first-order chi connectivity index (χ1) is 13.7. The molecule has 1 heterocycles. The molecule has 0 saturated carbocycles. The van der Waals surface area contributed by atoms with Gasteiger partial charge in [0.15, 0.2) is 0 Å². The van der Waals surface area contributed by atoms with Gasteiger partial charge in [-0.05, 0) is 43.5 Å². The van der Waals surface area contributed by atoms with Crippen molar-refractivity contribution in [3.8, 4) is 0 Å². The highest BCUT2D eigenvalue weighted by atomic mass is 16.5. The fourth-order valence-electron chi connectivity index (χ4n) is 4.31. The van der Waals surface area contributed by atoms with Crippen molar-refractivity contribution < 1.29 is 9.53 Å². The minimum Gasteiger partial charge on any atom is -0.468 e. The predicted molar refractivity (Wildman–Crippen MR) is 115 cm³/mol. The average Bonchev–Trinajstić information content (AvgIpc) is 2.78. The van der Waals surface area contributed by atoms with Crippen LogP contribution < -0.4 is 4.90 Å². The molecule has 3 rings (SSSR count). The monoisotopic (exact) mass is 380 g/mol. The van der Waals surface area contributed by atoms with Gasteiger partial charge in [-0.1, -0.05) is 55.5 Å². The molecule has 0 aromatic heterocycles. The third-order valence-corrected chi connectivity index (χ3v) is 6.08. The Balaban J connectivity index is 1.56. The molecule has 1 aliphatic heterocycles. The second kappa shape index (κ2) is 9.74. The Morgan fingerprint density at radius 1 is 0.964 bits per heavy atom. The summed E-state index contributed by atoms with van der Waals surface area (Å²) in [5.74, 6) is -0.116. The number of ether oxygens (including phenoxy) is 1. The van der Waals surface area contributed by atoms with Crippen LogP contribution in [0.15, 0.2) is 60.7 Å². The lowest BCUT2D eigenvalue weighted by atomic mass is 9.74. The summed E-state index contributed by atoms with van der Waals surface area (Å²) < 4.78 is 5.21. The number of carbonyl (C=O) groups is 1. The van der Waals surface area contributed by atoms with E-state index in [4.69, 9.17) is 4.74 Å². The summed E-state index contributed by atoms with van der Waals surface area (Å²) in [6.07, 6.45) is 2.56.